The van der Waals surface area contributed by atoms with Gasteiger partial charge < -0.3 is 15.2 Å². The first-order valence-electron chi connectivity index (χ1n) is 5.62. The van der Waals surface area contributed by atoms with E-state index in [1.165, 1.54) is 0 Å². The highest BCUT2D eigenvalue weighted by Crippen LogP contribution is 2.24. The second-order valence-electron chi connectivity index (χ2n) is 4.49. The van der Waals surface area contributed by atoms with Gasteiger partial charge in [0.1, 0.15) is 5.69 Å². The summed E-state index contributed by atoms with van der Waals surface area (Å²) in [4.78, 5) is 18.1. The number of hydrogen-bond acceptors (Lipinski definition) is 3. The van der Waals surface area contributed by atoms with E-state index in [1.54, 1.807) is 17.1 Å². The molecule has 1 saturated heterocycles. The SMILES string of the molecule is CC1CCN(C(=O)c2cn(C)cn2)C1CN. The van der Waals surface area contributed by atoms with E-state index in [1.807, 2.05) is 11.9 Å². The zero-order chi connectivity index (χ0) is 11.7. The summed E-state index contributed by atoms with van der Waals surface area (Å²) in [7, 11) is 1.86. The molecule has 2 atom stereocenters. The molecule has 1 aliphatic heterocycles. The van der Waals surface area contributed by atoms with E-state index >= 15 is 0 Å². The maximum Gasteiger partial charge on any atom is 0.274 e. The molecule has 5 nitrogen and oxygen atoms in total. The fraction of sp³-hybridized carbons (Fsp3) is 0.636. The van der Waals surface area contributed by atoms with Crippen molar-refractivity contribution in [3.8, 4) is 0 Å². The van der Waals surface area contributed by atoms with Gasteiger partial charge in [0.15, 0.2) is 0 Å². The molecule has 2 heterocycles. The van der Waals surface area contributed by atoms with Crippen molar-refractivity contribution in [2.24, 2.45) is 18.7 Å². The average molecular weight is 222 g/mol. The molecule has 0 saturated carbocycles. The number of carbonyl (C=O) groups excluding carboxylic acids is 1. The molecule has 1 aliphatic rings. The summed E-state index contributed by atoms with van der Waals surface area (Å²) in [6.45, 7) is 3.46. The van der Waals surface area contributed by atoms with Gasteiger partial charge in [-0.3, -0.25) is 4.79 Å². The molecule has 5 heteroatoms. The Morgan fingerprint density at radius 1 is 1.69 bits per heavy atom. The Bertz CT molecular complexity index is 387. The van der Waals surface area contributed by atoms with E-state index in [2.05, 4.69) is 11.9 Å². The summed E-state index contributed by atoms with van der Waals surface area (Å²) in [5.41, 5.74) is 6.23. The minimum absolute atomic E-state index is 0.000370. The van der Waals surface area contributed by atoms with Gasteiger partial charge in [0.25, 0.3) is 5.91 Å². The monoisotopic (exact) mass is 222 g/mol. The number of carbonyl (C=O) groups is 1. The van der Waals surface area contributed by atoms with Crippen LogP contribution >= 0.6 is 0 Å². The van der Waals surface area contributed by atoms with Crippen molar-refractivity contribution in [3.63, 3.8) is 0 Å². The first kappa shape index (κ1) is 11.1. The third-order valence-electron chi connectivity index (χ3n) is 3.31. The Balaban J connectivity index is 2.16. The standard InChI is InChI=1S/C11H18N4O/c1-8-3-4-15(10(8)5-12)11(16)9-6-14(2)7-13-9/h6-8,10H,3-5,12H2,1-2H3. The van der Waals surface area contributed by atoms with E-state index < -0.39 is 0 Å². The molecule has 2 unspecified atom stereocenters. The highest BCUT2D eigenvalue weighted by atomic mass is 16.2. The molecule has 88 valence electrons. The molecule has 1 fully saturated rings. The largest absolute Gasteiger partial charge is 0.340 e. The zero-order valence-corrected chi connectivity index (χ0v) is 9.76. The molecule has 2 rings (SSSR count). The van der Waals surface area contributed by atoms with Crippen LogP contribution in [-0.2, 0) is 7.05 Å². The summed E-state index contributed by atoms with van der Waals surface area (Å²) >= 11 is 0. The quantitative estimate of drug-likeness (QED) is 0.779. The summed E-state index contributed by atoms with van der Waals surface area (Å²) < 4.78 is 1.78. The summed E-state index contributed by atoms with van der Waals surface area (Å²) in [5.74, 6) is 0.484. The van der Waals surface area contributed by atoms with Crippen molar-refractivity contribution in [2.75, 3.05) is 13.1 Å². The molecule has 0 aromatic carbocycles. The van der Waals surface area contributed by atoms with E-state index in [4.69, 9.17) is 5.73 Å². The van der Waals surface area contributed by atoms with Crippen molar-refractivity contribution < 1.29 is 4.79 Å². The number of aromatic nitrogens is 2. The number of hydrogen-bond donors (Lipinski definition) is 1. The fourth-order valence-electron chi connectivity index (χ4n) is 2.29. The number of nitrogens with zero attached hydrogens (tertiary/aromatic N) is 3. The Morgan fingerprint density at radius 2 is 2.44 bits per heavy atom. The van der Waals surface area contributed by atoms with Crippen LogP contribution in [-0.4, -0.2) is 39.5 Å². The number of nitrogens with two attached hydrogens (primary N) is 1. The smallest absolute Gasteiger partial charge is 0.274 e. The molecule has 2 N–H and O–H groups in total. The molecule has 1 aromatic rings. The summed E-state index contributed by atoms with van der Waals surface area (Å²) in [6.07, 6.45) is 4.42. The lowest BCUT2D eigenvalue weighted by molar-refractivity contribution is 0.0722. The molecular weight excluding hydrogens is 204 g/mol. The van der Waals surface area contributed by atoms with Crippen molar-refractivity contribution in [2.45, 2.75) is 19.4 Å². The minimum Gasteiger partial charge on any atom is -0.340 e. The molecule has 1 aromatic heterocycles. The van der Waals surface area contributed by atoms with Crippen molar-refractivity contribution >= 4 is 5.91 Å². The predicted octanol–water partition coefficient (Wildman–Crippen LogP) is 0.229. The Kier molecular flexibility index (Phi) is 2.96. The van der Waals surface area contributed by atoms with Crippen LogP contribution < -0.4 is 5.73 Å². The number of rotatable bonds is 2. The maximum atomic E-state index is 12.2. The zero-order valence-electron chi connectivity index (χ0n) is 9.76. The van der Waals surface area contributed by atoms with Gasteiger partial charge in [0.05, 0.1) is 6.33 Å². The second-order valence-corrected chi connectivity index (χ2v) is 4.49. The molecular formula is C11H18N4O. The number of imidazole rings is 1. The van der Waals surface area contributed by atoms with Crippen LogP contribution in [0.1, 0.15) is 23.8 Å². The Labute approximate surface area is 95.2 Å². The predicted molar refractivity (Wildman–Crippen MR) is 60.9 cm³/mol. The van der Waals surface area contributed by atoms with Crippen LogP contribution in [0.5, 0.6) is 0 Å². The molecule has 0 spiro atoms. The third kappa shape index (κ3) is 1.82. The lowest BCUT2D eigenvalue weighted by Gasteiger charge is -2.24. The molecule has 0 bridgehead atoms. The third-order valence-corrected chi connectivity index (χ3v) is 3.31. The molecule has 0 aliphatic carbocycles. The van der Waals surface area contributed by atoms with E-state index in [0.29, 0.717) is 18.2 Å². The first-order chi connectivity index (χ1) is 7.63. The topological polar surface area (TPSA) is 64.2 Å². The van der Waals surface area contributed by atoms with Gasteiger partial charge in [-0.05, 0) is 12.3 Å². The van der Waals surface area contributed by atoms with Gasteiger partial charge in [-0.25, -0.2) is 4.98 Å². The van der Waals surface area contributed by atoms with Gasteiger partial charge in [0, 0.05) is 32.4 Å². The van der Waals surface area contributed by atoms with E-state index in [-0.39, 0.29) is 11.9 Å². The Morgan fingerprint density at radius 3 is 3.00 bits per heavy atom. The minimum atomic E-state index is 0.000370. The van der Waals surface area contributed by atoms with Gasteiger partial charge in [-0.2, -0.15) is 0 Å². The van der Waals surface area contributed by atoms with Crippen molar-refractivity contribution in [3.05, 3.63) is 18.2 Å². The van der Waals surface area contributed by atoms with Gasteiger partial charge >= 0.3 is 0 Å². The maximum absolute atomic E-state index is 12.2. The van der Waals surface area contributed by atoms with Crippen LogP contribution in [0.2, 0.25) is 0 Å². The summed E-state index contributed by atoms with van der Waals surface area (Å²) in [6, 6.07) is 0.162. The van der Waals surface area contributed by atoms with Gasteiger partial charge in [-0.1, -0.05) is 6.92 Å². The normalized spacial score (nSPS) is 25.1. The van der Waals surface area contributed by atoms with Crippen LogP contribution in [0.25, 0.3) is 0 Å². The van der Waals surface area contributed by atoms with Crippen LogP contribution in [0, 0.1) is 5.92 Å². The Hall–Kier alpha value is -1.36. The number of likely N-dealkylation sites (tertiary alicyclic amines) is 1. The van der Waals surface area contributed by atoms with Gasteiger partial charge in [0.2, 0.25) is 0 Å². The van der Waals surface area contributed by atoms with E-state index in [0.717, 1.165) is 13.0 Å². The molecule has 1 amide bonds. The number of amides is 1. The van der Waals surface area contributed by atoms with Crippen molar-refractivity contribution in [1.29, 1.82) is 0 Å². The lowest BCUT2D eigenvalue weighted by Crippen LogP contribution is -2.42. The van der Waals surface area contributed by atoms with Crippen LogP contribution in [0.3, 0.4) is 0 Å². The fourth-order valence-corrected chi connectivity index (χ4v) is 2.29. The highest BCUT2D eigenvalue weighted by molar-refractivity contribution is 5.92. The van der Waals surface area contributed by atoms with Crippen LogP contribution in [0.4, 0.5) is 0 Å². The highest BCUT2D eigenvalue weighted by Gasteiger charge is 2.34. The average Bonchev–Trinajstić information content (AvgIpc) is 2.83. The second kappa shape index (κ2) is 4.25. The molecule has 0 radical (unpaired) electrons. The number of aryl methyl sites for hydroxylation is 1. The van der Waals surface area contributed by atoms with Crippen molar-refractivity contribution in [1.82, 2.24) is 14.5 Å². The summed E-state index contributed by atoms with van der Waals surface area (Å²) in [5, 5.41) is 0. The van der Waals surface area contributed by atoms with Crippen LogP contribution in [0.15, 0.2) is 12.5 Å². The first-order valence-corrected chi connectivity index (χ1v) is 5.62. The van der Waals surface area contributed by atoms with E-state index in [9.17, 15) is 4.79 Å². The van der Waals surface area contributed by atoms with Gasteiger partial charge in [-0.15, -0.1) is 0 Å². The molecule has 16 heavy (non-hydrogen) atoms. The lowest BCUT2D eigenvalue weighted by atomic mass is 10.0.